The molecule has 2 aromatic carbocycles. The predicted octanol–water partition coefficient (Wildman–Crippen LogP) is 4.62. The molecule has 1 aliphatic rings. The van der Waals surface area contributed by atoms with Crippen LogP contribution >= 0.6 is 0 Å². The molecule has 1 heterocycles. The van der Waals surface area contributed by atoms with Crippen molar-refractivity contribution < 1.29 is 0 Å². The monoisotopic (exact) mass is 318 g/mol. The largest absolute Gasteiger partial charge is 0.297 e. The molecule has 1 aliphatic heterocycles. The standard InChI is InChI=1S/C22H26N2/c1-17(2)20-10-6-9-19(11-20)12-21-15-24(16-22(21)13-23)14-18-7-4-3-5-8-18/h3-11,17,21-22H,12,14-16H2,1-2H3/t21?,22-/m0/s1. The van der Waals surface area contributed by atoms with Crippen LogP contribution in [0.2, 0.25) is 0 Å². The van der Waals surface area contributed by atoms with Crippen molar-refractivity contribution >= 4 is 0 Å². The van der Waals surface area contributed by atoms with Gasteiger partial charge in [0.25, 0.3) is 0 Å². The SMILES string of the molecule is CC(C)c1cccc(CC2CN(Cc3ccccc3)C[C@@H]2C#N)c1. The molecular weight excluding hydrogens is 292 g/mol. The molecule has 0 aliphatic carbocycles. The van der Waals surface area contributed by atoms with Gasteiger partial charge < -0.3 is 0 Å². The molecule has 3 rings (SSSR count). The maximum Gasteiger partial charge on any atom is 0.0672 e. The summed E-state index contributed by atoms with van der Waals surface area (Å²) in [6.07, 6.45) is 1.00. The molecule has 124 valence electrons. The number of nitriles is 1. The van der Waals surface area contributed by atoms with Crippen molar-refractivity contribution in [2.75, 3.05) is 13.1 Å². The molecular formula is C22H26N2. The first-order valence-electron chi connectivity index (χ1n) is 8.90. The average Bonchev–Trinajstić information content (AvgIpc) is 2.97. The highest BCUT2D eigenvalue weighted by molar-refractivity contribution is 5.26. The minimum atomic E-state index is 0.136. The summed E-state index contributed by atoms with van der Waals surface area (Å²) in [6.45, 7) is 7.31. The van der Waals surface area contributed by atoms with Gasteiger partial charge in [-0.25, -0.2) is 0 Å². The van der Waals surface area contributed by atoms with E-state index in [1.165, 1.54) is 16.7 Å². The van der Waals surface area contributed by atoms with E-state index in [9.17, 15) is 5.26 Å². The third-order valence-corrected chi connectivity index (χ3v) is 5.05. The predicted molar refractivity (Wildman–Crippen MR) is 98.5 cm³/mol. The summed E-state index contributed by atoms with van der Waals surface area (Å²) in [5.74, 6) is 1.12. The van der Waals surface area contributed by atoms with Crippen molar-refractivity contribution in [3.8, 4) is 6.07 Å². The highest BCUT2D eigenvalue weighted by Gasteiger charge is 2.32. The highest BCUT2D eigenvalue weighted by atomic mass is 15.1. The molecule has 0 bridgehead atoms. The summed E-state index contributed by atoms with van der Waals surface area (Å²) in [4.78, 5) is 2.43. The van der Waals surface area contributed by atoms with E-state index >= 15 is 0 Å². The van der Waals surface area contributed by atoms with Crippen molar-refractivity contribution in [1.29, 1.82) is 5.26 Å². The minimum Gasteiger partial charge on any atom is -0.297 e. The summed E-state index contributed by atoms with van der Waals surface area (Å²) < 4.78 is 0. The summed E-state index contributed by atoms with van der Waals surface area (Å²) in [7, 11) is 0. The zero-order chi connectivity index (χ0) is 16.9. The second-order valence-corrected chi connectivity index (χ2v) is 7.28. The Morgan fingerprint density at radius 3 is 2.50 bits per heavy atom. The maximum absolute atomic E-state index is 9.56. The number of hydrogen-bond donors (Lipinski definition) is 0. The van der Waals surface area contributed by atoms with E-state index in [0.717, 1.165) is 26.1 Å². The van der Waals surface area contributed by atoms with E-state index in [-0.39, 0.29) is 5.92 Å². The van der Waals surface area contributed by atoms with Gasteiger partial charge in [0.15, 0.2) is 0 Å². The van der Waals surface area contributed by atoms with Crippen LogP contribution in [0.3, 0.4) is 0 Å². The van der Waals surface area contributed by atoms with Crippen LogP contribution in [0.15, 0.2) is 54.6 Å². The number of nitrogens with zero attached hydrogens (tertiary/aromatic N) is 2. The van der Waals surface area contributed by atoms with Gasteiger partial charge in [0, 0.05) is 19.6 Å². The summed E-state index contributed by atoms with van der Waals surface area (Å²) in [6, 6.07) is 22.0. The van der Waals surface area contributed by atoms with Gasteiger partial charge in [0.1, 0.15) is 0 Å². The molecule has 1 unspecified atom stereocenters. The summed E-state index contributed by atoms with van der Waals surface area (Å²) in [5.41, 5.74) is 4.09. The molecule has 1 saturated heterocycles. The van der Waals surface area contributed by atoms with Gasteiger partial charge in [-0.2, -0.15) is 5.26 Å². The lowest BCUT2D eigenvalue weighted by Crippen LogP contribution is -2.20. The Hall–Kier alpha value is -2.11. The summed E-state index contributed by atoms with van der Waals surface area (Å²) in [5, 5.41) is 9.56. The van der Waals surface area contributed by atoms with Crippen molar-refractivity contribution in [1.82, 2.24) is 4.90 Å². The molecule has 0 aromatic heterocycles. The lowest BCUT2D eigenvalue weighted by molar-refractivity contribution is 0.315. The number of hydrogen-bond acceptors (Lipinski definition) is 2. The Bertz CT molecular complexity index is 699. The zero-order valence-corrected chi connectivity index (χ0v) is 14.7. The minimum absolute atomic E-state index is 0.136. The van der Waals surface area contributed by atoms with E-state index in [1.54, 1.807) is 0 Å². The van der Waals surface area contributed by atoms with Gasteiger partial charge >= 0.3 is 0 Å². The number of likely N-dealkylation sites (tertiary alicyclic amines) is 1. The average molecular weight is 318 g/mol. The molecule has 0 amide bonds. The van der Waals surface area contributed by atoms with Gasteiger partial charge in [-0.15, -0.1) is 0 Å². The Labute approximate surface area is 145 Å². The Morgan fingerprint density at radius 1 is 1.04 bits per heavy atom. The van der Waals surface area contributed by atoms with Crippen LogP contribution in [0, 0.1) is 23.2 Å². The van der Waals surface area contributed by atoms with Crippen molar-refractivity contribution in [3.63, 3.8) is 0 Å². The second-order valence-electron chi connectivity index (χ2n) is 7.28. The molecule has 0 N–H and O–H groups in total. The van der Waals surface area contributed by atoms with Crippen LogP contribution in [0.5, 0.6) is 0 Å². The molecule has 2 nitrogen and oxygen atoms in total. The first kappa shape index (κ1) is 16.7. The molecule has 24 heavy (non-hydrogen) atoms. The Morgan fingerprint density at radius 2 is 1.79 bits per heavy atom. The smallest absolute Gasteiger partial charge is 0.0672 e. The lowest BCUT2D eigenvalue weighted by Gasteiger charge is -2.16. The van der Waals surface area contributed by atoms with E-state index in [2.05, 4.69) is 79.4 Å². The first-order chi connectivity index (χ1) is 11.7. The van der Waals surface area contributed by atoms with Crippen LogP contribution in [0.25, 0.3) is 0 Å². The Kier molecular flexibility index (Phi) is 5.33. The summed E-state index contributed by atoms with van der Waals surface area (Å²) >= 11 is 0. The molecule has 0 spiro atoms. The maximum atomic E-state index is 9.56. The fraction of sp³-hybridized carbons (Fsp3) is 0.409. The molecule has 2 heteroatoms. The third kappa shape index (κ3) is 4.04. The van der Waals surface area contributed by atoms with Crippen molar-refractivity contribution in [2.24, 2.45) is 11.8 Å². The number of benzene rings is 2. The van der Waals surface area contributed by atoms with Crippen molar-refractivity contribution in [3.05, 3.63) is 71.3 Å². The zero-order valence-electron chi connectivity index (χ0n) is 14.7. The first-order valence-corrected chi connectivity index (χ1v) is 8.90. The Balaban J connectivity index is 1.67. The fourth-order valence-electron chi connectivity index (χ4n) is 3.67. The highest BCUT2D eigenvalue weighted by Crippen LogP contribution is 2.28. The van der Waals surface area contributed by atoms with Gasteiger partial charge in [-0.05, 0) is 34.9 Å². The topological polar surface area (TPSA) is 27.0 Å². The number of rotatable bonds is 5. The van der Waals surface area contributed by atoms with Crippen LogP contribution in [-0.2, 0) is 13.0 Å². The molecule has 0 radical (unpaired) electrons. The van der Waals surface area contributed by atoms with Crippen LogP contribution in [0.1, 0.15) is 36.5 Å². The van der Waals surface area contributed by atoms with Crippen LogP contribution in [0.4, 0.5) is 0 Å². The molecule has 2 atom stereocenters. The van der Waals surface area contributed by atoms with Crippen LogP contribution in [-0.4, -0.2) is 18.0 Å². The normalized spacial score (nSPS) is 21.1. The van der Waals surface area contributed by atoms with E-state index < -0.39 is 0 Å². The second kappa shape index (κ2) is 7.64. The molecule has 1 fully saturated rings. The van der Waals surface area contributed by atoms with Crippen LogP contribution < -0.4 is 0 Å². The van der Waals surface area contributed by atoms with Gasteiger partial charge in [-0.1, -0.05) is 68.4 Å². The third-order valence-electron chi connectivity index (χ3n) is 5.05. The van der Waals surface area contributed by atoms with Gasteiger partial charge in [0.05, 0.1) is 12.0 Å². The van der Waals surface area contributed by atoms with E-state index in [0.29, 0.717) is 11.8 Å². The van der Waals surface area contributed by atoms with E-state index in [1.807, 2.05) is 0 Å². The molecule has 0 saturated carbocycles. The van der Waals surface area contributed by atoms with Gasteiger partial charge in [0.2, 0.25) is 0 Å². The fourth-order valence-corrected chi connectivity index (χ4v) is 3.67. The van der Waals surface area contributed by atoms with Gasteiger partial charge in [-0.3, -0.25) is 4.90 Å². The molecule has 2 aromatic rings. The van der Waals surface area contributed by atoms with E-state index in [4.69, 9.17) is 0 Å². The van der Waals surface area contributed by atoms with Crippen molar-refractivity contribution in [2.45, 2.75) is 32.7 Å². The quantitative estimate of drug-likeness (QED) is 0.804. The lowest BCUT2D eigenvalue weighted by atomic mass is 9.89.